The first-order valence-corrected chi connectivity index (χ1v) is 33.2. The van der Waals surface area contributed by atoms with E-state index in [0.29, 0.717) is 38.0 Å². The maximum absolute atomic E-state index is 14.6. The molecule has 0 aliphatic carbocycles. The summed E-state index contributed by atoms with van der Waals surface area (Å²) in [5.41, 5.74) is 2.09. The smallest absolute Gasteiger partial charge is 0.193 e. The fourth-order valence-electron chi connectivity index (χ4n) is 12.1. The third kappa shape index (κ3) is 13.1. The minimum atomic E-state index is -2.38. The van der Waals surface area contributed by atoms with Gasteiger partial charge in [0.15, 0.2) is 22.4 Å². The van der Waals surface area contributed by atoms with Gasteiger partial charge in [-0.3, -0.25) is 9.59 Å². The number of carbonyl (C=O) groups is 2. The normalized spacial score (nSPS) is 41.7. The summed E-state index contributed by atoms with van der Waals surface area (Å²) in [5, 5.41) is -0.131. The van der Waals surface area contributed by atoms with Crippen LogP contribution in [0.25, 0.3) is 0 Å². The molecule has 9 heterocycles. The van der Waals surface area contributed by atoms with Crippen LogP contribution in [0.5, 0.6) is 0 Å². The highest BCUT2D eigenvalue weighted by molar-refractivity contribution is 6.74. The number of allylic oxidation sites excluding steroid dienone is 1. The minimum absolute atomic E-state index is 0.00131. The molecule has 6 fully saturated rings. The molecule has 9 rings (SSSR count). The van der Waals surface area contributed by atoms with Crippen LogP contribution in [-0.2, 0) is 46.9 Å². The van der Waals surface area contributed by atoms with Crippen molar-refractivity contribution in [2.45, 2.75) is 287 Å². The van der Waals surface area contributed by atoms with Gasteiger partial charge in [-0.2, -0.15) is 0 Å². The summed E-state index contributed by atoms with van der Waals surface area (Å²) < 4.78 is 56.3. The molecule has 1 unspecified atom stereocenters. The van der Waals surface area contributed by atoms with Crippen LogP contribution in [-0.4, -0.2) is 113 Å². The highest BCUT2D eigenvalue weighted by atomic mass is 28.4. The van der Waals surface area contributed by atoms with Crippen LogP contribution in [0.3, 0.4) is 0 Å². The third-order valence-electron chi connectivity index (χ3n) is 18.7. The first kappa shape index (κ1) is 55.4. The molecule has 0 aromatic heterocycles. The Bertz CT molecular complexity index is 1860. The Balaban J connectivity index is 1.19. The fraction of sp³-hybridized carbons (Fsp3) is 0.860. The van der Waals surface area contributed by atoms with Gasteiger partial charge in [-0.15, -0.1) is 0 Å². The molecule has 0 radical (unpaired) electrons. The van der Waals surface area contributed by atoms with Crippen LogP contribution in [0.2, 0.25) is 36.3 Å². The number of ketones is 2. The molecular formula is C57H96O10Si2. The Morgan fingerprint density at radius 3 is 2.01 bits per heavy atom. The fourth-order valence-corrected chi connectivity index (χ4v) is 14.7. The van der Waals surface area contributed by atoms with E-state index in [4.69, 9.17) is 37.3 Å². The molecule has 0 aromatic carbocycles. The average Bonchev–Trinajstić information content (AvgIpc) is 3.88. The van der Waals surface area contributed by atoms with Crippen molar-refractivity contribution in [1.29, 1.82) is 0 Å². The standard InChI is InChI=1S/C57H96O10Si2/c1-34-28-42-21-24-46-35(2)29-41(60-46)20-18-39(58)19-23-48(66-68(14,15)55(6,7)8)54-53(67-69(16,17)56(9,10)11)38(5)52-47(64-54)25-22-43(62-52)30-40(59)31-45-37(4)49(32-44-26-27-57(12,13)65-44)63-51(45)33-50(61-42)36(34)3/h19,23,34,37-38,41-54H,2-3,18,20-22,24-33H2,1,4-17H3/b23-19+/t34-,37-,38+,41+,42+,43-,44-,45-,46+,47?,48+,49-,50-,51+,52-,53+,54+/m1/s1. The zero-order valence-corrected chi connectivity index (χ0v) is 47.9. The molecule has 0 N–H and O–H groups in total. The molecule has 0 aromatic rings. The second-order valence-corrected chi connectivity index (χ2v) is 36.2. The molecule has 392 valence electrons. The van der Waals surface area contributed by atoms with E-state index in [-0.39, 0.29) is 112 Å². The van der Waals surface area contributed by atoms with Gasteiger partial charge in [0, 0.05) is 38.0 Å². The van der Waals surface area contributed by atoms with E-state index < -0.39 is 28.8 Å². The van der Waals surface area contributed by atoms with Crippen LogP contribution in [0, 0.1) is 23.7 Å². The van der Waals surface area contributed by atoms with Crippen LogP contribution in [0.15, 0.2) is 36.5 Å². The highest BCUT2D eigenvalue weighted by Gasteiger charge is 2.55. The van der Waals surface area contributed by atoms with Gasteiger partial charge in [-0.25, -0.2) is 0 Å². The number of carbonyl (C=O) groups excluding carboxylic acids is 2. The van der Waals surface area contributed by atoms with Crippen molar-refractivity contribution in [2.24, 2.45) is 23.7 Å². The number of hydrogen-bond donors (Lipinski definition) is 0. The van der Waals surface area contributed by atoms with E-state index in [1.165, 1.54) is 0 Å². The molecule has 10 nitrogen and oxygen atoms in total. The lowest BCUT2D eigenvalue weighted by Crippen LogP contribution is -2.64. The van der Waals surface area contributed by atoms with Crippen molar-refractivity contribution in [3.8, 4) is 0 Å². The third-order valence-corrected chi connectivity index (χ3v) is 27.7. The lowest BCUT2D eigenvalue weighted by Gasteiger charge is -2.54. The lowest BCUT2D eigenvalue weighted by molar-refractivity contribution is -0.251. The van der Waals surface area contributed by atoms with E-state index in [1.807, 2.05) is 6.08 Å². The van der Waals surface area contributed by atoms with Crippen LogP contribution < -0.4 is 0 Å². The minimum Gasteiger partial charge on any atom is -0.411 e. The quantitative estimate of drug-likeness (QED) is 0.189. The van der Waals surface area contributed by atoms with Crippen molar-refractivity contribution in [2.75, 3.05) is 0 Å². The second kappa shape index (κ2) is 21.5. The van der Waals surface area contributed by atoms with Crippen molar-refractivity contribution < 1.29 is 46.9 Å². The number of hydrogen-bond acceptors (Lipinski definition) is 10. The van der Waals surface area contributed by atoms with Crippen LogP contribution in [0.1, 0.15) is 166 Å². The number of ether oxygens (including phenoxy) is 6. The van der Waals surface area contributed by atoms with Crippen molar-refractivity contribution in [3.05, 3.63) is 36.5 Å². The average molecular weight is 998 g/mol. The second-order valence-electron chi connectivity index (χ2n) is 26.7. The van der Waals surface area contributed by atoms with E-state index in [2.05, 4.69) is 116 Å². The summed E-state index contributed by atoms with van der Waals surface area (Å²) in [6.07, 6.45) is 11.8. The van der Waals surface area contributed by atoms with Gasteiger partial charge in [0.1, 0.15) is 11.9 Å². The monoisotopic (exact) mass is 997 g/mol. The van der Waals surface area contributed by atoms with Gasteiger partial charge >= 0.3 is 0 Å². The van der Waals surface area contributed by atoms with E-state index >= 15 is 0 Å². The predicted octanol–water partition coefficient (Wildman–Crippen LogP) is 12.6. The molecule has 9 aliphatic heterocycles. The summed E-state index contributed by atoms with van der Waals surface area (Å²) in [4.78, 5) is 28.5. The topological polar surface area (TPSA) is 108 Å². The van der Waals surface area contributed by atoms with Gasteiger partial charge in [-0.05, 0) is 143 Å². The van der Waals surface area contributed by atoms with Crippen molar-refractivity contribution in [3.63, 3.8) is 0 Å². The zero-order valence-electron chi connectivity index (χ0n) is 45.9. The SMILES string of the molecule is C=C1C[C@@H]2CCC(=O)/C=C/[C@H](O[Si](C)(C)C(C)(C)C)[C@@H]3OC4CC[C@H](CC(=O)C[C@@H]5[C@@H](C)[C@@H](C[C@H]6CCC(C)(C)O6)O[C@H]5C[C@H]5O[C@@H](CC[C@@H]1O2)C[C@@H](C)C5=C)O[C@@H]4[C@H](C)[C@@H]3O[Si](C)(C)C(C)(C)C. The number of fused-ring (bicyclic) bond motifs is 2. The van der Waals surface area contributed by atoms with E-state index in [1.54, 1.807) is 6.08 Å². The van der Waals surface area contributed by atoms with Crippen LogP contribution in [0.4, 0.5) is 0 Å². The lowest BCUT2D eigenvalue weighted by atomic mass is 9.78. The summed E-state index contributed by atoms with van der Waals surface area (Å²) in [5.74, 6) is 0.751. The molecule has 69 heavy (non-hydrogen) atoms. The Morgan fingerprint density at radius 1 is 0.696 bits per heavy atom. The first-order valence-electron chi connectivity index (χ1n) is 27.4. The molecule has 8 bridgehead atoms. The molecule has 0 amide bonds. The van der Waals surface area contributed by atoms with Crippen LogP contribution >= 0.6 is 0 Å². The Kier molecular flexibility index (Phi) is 17.3. The molecule has 6 saturated heterocycles. The van der Waals surface area contributed by atoms with Gasteiger partial charge in [0.05, 0.1) is 78.8 Å². The summed E-state index contributed by atoms with van der Waals surface area (Å²) in [6.45, 7) is 42.9. The Morgan fingerprint density at radius 2 is 1.35 bits per heavy atom. The Hall–Kier alpha value is -1.33. The summed E-state index contributed by atoms with van der Waals surface area (Å²) >= 11 is 0. The van der Waals surface area contributed by atoms with Gasteiger partial charge < -0.3 is 37.3 Å². The number of Topliss-reactive ketones (excluding diaryl/α,β-unsaturated/α-hetero) is 1. The van der Waals surface area contributed by atoms with Gasteiger partial charge in [0.25, 0.3) is 0 Å². The predicted molar refractivity (Wildman–Crippen MR) is 279 cm³/mol. The van der Waals surface area contributed by atoms with E-state index in [9.17, 15) is 9.59 Å². The first-order chi connectivity index (χ1) is 32.0. The zero-order chi connectivity index (χ0) is 50.6. The largest absolute Gasteiger partial charge is 0.411 e. The summed E-state index contributed by atoms with van der Waals surface area (Å²) in [7, 11) is -4.75. The molecule has 0 spiro atoms. The maximum Gasteiger partial charge on any atom is 0.193 e. The highest BCUT2D eigenvalue weighted by Crippen LogP contribution is 2.48. The Labute approximate surface area is 420 Å². The van der Waals surface area contributed by atoms with Crippen molar-refractivity contribution >= 4 is 28.2 Å². The molecular weight excluding hydrogens is 901 g/mol. The molecule has 12 heteroatoms. The molecule has 17 atom stereocenters. The van der Waals surface area contributed by atoms with Crippen molar-refractivity contribution in [1.82, 2.24) is 0 Å². The molecule has 9 aliphatic rings. The summed E-state index contributed by atoms with van der Waals surface area (Å²) in [6, 6.07) is 0. The maximum atomic E-state index is 14.6. The van der Waals surface area contributed by atoms with Gasteiger partial charge in [0.2, 0.25) is 0 Å². The molecule has 0 saturated carbocycles. The van der Waals surface area contributed by atoms with E-state index in [0.717, 1.165) is 68.9 Å². The number of rotatable bonds is 6. The van der Waals surface area contributed by atoms with Gasteiger partial charge in [-0.1, -0.05) is 81.5 Å².